The lowest BCUT2D eigenvalue weighted by Gasteiger charge is -2.45. The van der Waals surface area contributed by atoms with Crippen LogP contribution in [0, 0.1) is 5.92 Å². The summed E-state index contributed by atoms with van der Waals surface area (Å²) < 4.78 is 0. The second kappa shape index (κ2) is 5.65. The van der Waals surface area contributed by atoms with Gasteiger partial charge in [-0.05, 0) is 55.7 Å². The number of piperidine rings is 1. The molecule has 3 fully saturated rings. The van der Waals surface area contributed by atoms with Crippen molar-refractivity contribution in [1.82, 2.24) is 14.8 Å². The second-order valence-electron chi connectivity index (χ2n) is 7.30. The number of hydrogen-bond acceptors (Lipinski definition) is 3. The Labute approximate surface area is 132 Å². The van der Waals surface area contributed by atoms with Gasteiger partial charge in [0.25, 0.3) is 0 Å². The van der Waals surface area contributed by atoms with Crippen molar-refractivity contribution >= 4 is 5.91 Å². The lowest BCUT2D eigenvalue weighted by molar-refractivity contribution is -0.133. The molecule has 4 nitrogen and oxygen atoms in total. The lowest BCUT2D eigenvalue weighted by atomic mass is 9.84. The molecule has 0 N–H and O–H groups in total. The SMILES string of the molecule is O=C1CCC2(CCN(CC3CC3)CC2)N1Cc1ccncc1. The number of nitrogens with zero attached hydrogens (tertiary/aromatic N) is 3. The van der Waals surface area contributed by atoms with Gasteiger partial charge in [-0.15, -0.1) is 0 Å². The maximum Gasteiger partial charge on any atom is 0.223 e. The quantitative estimate of drug-likeness (QED) is 0.857. The molecule has 22 heavy (non-hydrogen) atoms. The first-order chi connectivity index (χ1) is 10.8. The molecule has 118 valence electrons. The first kappa shape index (κ1) is 14.2. The Balaban J connectivity index is 1.44. The van der Waals surface area contributed by atoms with Gasteiger partial charge in [-0.3, -0.25) is 9.78 Å². The van der Waals surface area contributed by atoms with Crippen LogP contribution in [0.3, 0.4) is 0 Å². The molecule has 0 radical (unpaired) electrons. The lowest BCUT2D eigenvalue weighted by Crippen LogP contribution is -2.53. The number of carbonyl (C=O) groups excluding carboxylic acids is 1. The van der Waals surface area contributed by atoms with Crippen molar-refractivity contribution in [3.63, 3.8) is 0 Å². The minimum Gasteiger partial charge on any atom is -0.333 e. The van der Waals surface area contributed by atoms with Crippen LogP contribution in [0.1, 0.15) is 44.1 Å². The predicted molar refractivity (Wildman–Crippen MR) is 85.2 cm³/mol. The predicted octanol–water partition coefficient (Wildman–Crippen LogP) is 2.45. The van der Waals surface area contributed by atoms with E-state index >= 15 is 0 Å². The Morgan fingerprint density at radius 3 is 2.55 bits per heavy atom. The van der Waals surface area contributed by atoms with Crippen LogP contribution in [0.5, 0.6) is 0 Å². The molecule has 3 heterocycles. The summed E-state index contributed by atoms with van der Waals surface area (Å²) in [5.74, 6) is 1.31. The maximum absolute atomic E-state index is 12.4. The van der Waals surface area contributed by atoms with Crippen molar-refractivity contribution in [2.45, 2.75) is 50.6 Å². The number of hydrogen-bond donors (Lipinski definition) is 0. The van der Waals surface area contributed by atoms with Crippen molar-refractivity contribution in [2.24, 2.45) is 5.92 Å². The summed E-state index contributed by atoms with van der Waals surface area (Å²) in [6.07, 6.45) is 10.6. The molecule has 4 rings (SSSR count). The monoisotopic (exact) mass is 299 g/mol. The van der Waals surface area contributed by atoms with Gasteiger partial charge in [-0.25, -0.2) is 0 Å². The van der Waals surface area contributed by atoms with Gasteiger partial charge in [-0.1, -0.05) is 0 Å². The van der Waals surface area contributed by atoms with Gasteiger partial charge < -0.3 is 9.80 Å². The van der Waals surface area contributed by atoms with Crippen LogP contribution in [0.15, 0.2) is 24.5 Å². The molecule has 1 aliphatic carbocycles. The third kappa shape index (κ3) is 2.76. The molecule has 0 unspecified atom stereocenters. The molecule has 0 aromatic carbocycles. The van der Waals surface area contributed by atoms with E-state index in [0.717, 1.165) is 51.2 Å². The molecule has 1 spiro atoms. The fourth-order valence-corrected chi connectivity index (χ4v) is 4.14. The fraction of sp³-hybridized carbons (Fsp3) is 0.667. The van der Waals surface area contributed by atoms with E-state index in [1.54, 1.807) is 0 Å². The smallest absolute Gasteiger partial charge is 0.223 e. The Kier molecular flexibility index (Phi) is 3.65. The molecule has 0 atom stereocenters. The minimum atomic E-state index is 0.125. The van der Waals surface area contributed by atoms with Crippen LogP contribution >= 0.6 is 0 Å². The van der Waals surface area contributed by atoms with Crippen LogP contribution in [-0.4, -0.2) is 45.9 Å². The van der Waals surface area contributed by atoms with Gasteiger partial charge >= 0.3 is 0 Å². The largest absolute Gasteiger partial charge is 0.333 e. The summed E-state index contributed by atoms with van der Waals surface area (Å²) in [6, 6.07) is 4.06. The highest BCUT2D eigenvalue weighted by atomic mass is 16.2. The molecule has 0 bridgehead atoms. The maximum atomic E-state index is 12.4. The van der Waals surface area contributed by atoms with Gasteiger partial charge in [0.05, 0.1) is 0 Å². The third-order valence-corrected chi connectivity index (χ3v) is 5.77. The van der Waals surface area contributed by atoms with Gasteiger partial charge in [-0.2, -0.15) is 0 Å². The summed E-state index contributed by atoms with van der Waals surface area (Å²) in [5, 5.41) is 0. The van der Waals surface area contributed by atoms with Gasteiger partial charge in [0.1, 0.15) is 0 Å². The van der Waals surface area contributed by atoms with Gasteiger partial charge in [0.15, 0.2) is 0 Å². The molecule has 2 saturated heterocycles. The molecule has 1 saturated carbocycles. The average molecular weight is 299 g/mol. The van der Waals surface area contributed by atoms with E-state index in [-0.39, 0.29) is 5.54 Å². The first-order valence-corrected chi connectivity index (χ1v) is 8.67. The van der Waals surface area contributed by atoms with Crippen LogP contribution in [-0.2, 0) is 11.3 Å². The van der Waals surface area contributed by atoms with E-state index in [1.165, 1.54) is 24.9 Å². The zero-order valence-corrected chi connectivity index (χ0v) is 13.2. The van der Waals surface area contributed by atoms with Gasteiger partial charge in [0.2, 0.25) is 5.91 Å². The molecule has 4 heteroatoms. The topological polar surface area (TPSA) is 36.4 Å². The van der Waals surface area contributed by atoms with Gasteiger partial charge in [0, 0.05) is 50.5 Å². The van der Waals surface area contributed by atoms with Crippen LogP contribution in [0.25, 0.3) is 0 Å². The average Bonchev–Trinajstić information content (AvgIpc) is 3.32. The summed E-state index contributed by atoms with van der Waals surface area (Å²) in [7, 11) is 0. The van der Waals surface area contributed by atoms with E-state index in [2.05, 4.69) is 14.8 Å². The number of rotatable bonds is 4. The van der Waals surface area contributed by atoms with E-state index in [4.69, 9.17) is 0 Å². The molecule has 1 aromatic heterocycles. The summed E-state index contributed by atoms with van der Waals surface area (Å²) in [5.41, 5.74) is 1.32. The molecule has 1 aromatic rings. The van der Waals surface area contributed by atoms with E-state index in [9.17, 15) is 4.79 Å². The third-order valence-electron chi connectivity index (χ3n) is 5.77. The Hall–Kier alpha value is -1.42. The Morgan fingerprint density at radius 2 is 1.86 bits per heavy atom. The molecule has 2 aliphatic heterocycles. The van der Waals surface area contributed by atoms with E-state index in [1.807, 2.05) is 24.5 Å². The van der Waals surface area contributed by atoms with Crippen molar-refractivity contribution in [1.29, 1.82) is 0 Å². The first-order valence-electron chi connectivity index (χ1n) is 8.67. The highest BCUT2D eigenvalue weighted by molar-refractivity contribution is 5.79. The number of likely N-dealkylation sites (tertiary alicyclic amines) is 2. The number of carbonyl (C=O) groups is 1. The zero-order valence-electron chi connectivity index (χ0n) is 13.2. The standard InChI is InChI=1S/C18H25N3O/c22-17-3-6-18(21(17)14-16-4-9-19-10-5-16)7-11-20(12-8-18)13-15-1-2-15/h4-5,9-10,15H,1-3,6-8,11-14H2. The van der Waals surface area contributed by atoms with Crippen molar-refractivity contribution in [3.8, 4) is 0 Å². The molecular formula is C18H25N3O. The molecule has 3 aliphatic rings. The summed E-state index contributed by atoms with van der Waals surface area (Å²) >= 11 is 0. The highest BCUT2D eigenvalue weighted by Gasteiger charge is 2.46. The number of aromatic nitrogens is 1. The minimum absolute atomic E-state index is 0.125. The second-order valence-corrected chi connectivity index (χ2v) is 7.30. The van der Waals surface area contributed by atoms with Crippen LogP contribution in [0.4, 0.5) is 0 Å². The fourth-order valence-electron chi connectivity index (χ4n) is 4.14. The van der Waals surface area contributed by atoms with Crippen molar-refractivity contribution < 1.29 is 4.79 Å². The molecular weight excluding hydrogens is 274 g/mol. The number of amides is 1. The Bertz CT molecular complexity index is 533. The molecule has 1 amide bonds. The summed E-state index contributed by atoms with van der Waals surface area (Å²) in [6.45, 7) is 4.37. The normalized spacial score (nSPS) is 25.1. The van der Waals surface area contributed by atoms with E-state index < -0.39 is 0 Å². The zero-order chi connectivity index (χ0) is 15.0. The number of pyridine rings is 1. The summed E-state index contributed by atoms with van der Waals surface area (Å²) in [4.78, 5) is 21.3. The Morgan fingerprint density at radius 1 is 1.14 bits per heavy atom. The van der Waals surface area contributed by atoms with Crippen LogP contribution in [0.2, 0.25) is 0 Å². The highest BCUT2D eigenvalue weighted by Crippen LogP contribution is 2.41. The van der Waals surface area contributed by atoms with Crippen molar-refractivity contribution in [2.75, 3.05) is 19.6 Å². The van der Waals surface area contributed by atoms with Crippen LogP contribution < -0.4 is 0 Å². The van der Waals surface area contributed by atoms with Crippen molar-refractivity contribution in [3.05, 3.63) is 30.1 Å². The van der Waals surface area contributed by atoms with E-state index in [0.29, 0.717) is 5.91 Å².